The van der Waals surface area contributed by atoms with E-state index in [2.05, 4.69) is 6.92 Å². The molecule has 192 valence electrons. The summed E-state index contributed by atoms with van der Waals surface area (Å²) in [6.45, 7) is 2.79. The molecule has 0 N–H and O–H groups in total. The Hall–Kier alpha value is -0.260. The Morgan fingerprint density at radius 3 is 1.53 bits per heavy atom. The van der Waals surface area contributed by atoms with Crippen LogP contribution in [0.15, 0.2) is 0 Å². The molecule has 0 radical (unpaired) electrons. The number of likely N-dealkylation sites (N-methyl/N-ethyl adjacent to an activating group) is 1. The largest absolute Gasteiger partial charge is 0.756 e. The second-order valence-corrected chi connectivity index (χ2v) is 11.5. The molecule has 1 atom stereocenters. The van der Waals surface area contributed by atoms with Crippen molar-refractivity contribution in [1.29, 1.82) is 0 Å². The molecule has 7 heteroatoms. The molecule has 0 aromatic carbocycles. The first-order chi connectivity index (χ1) is 15.2. The molecule has 0 rings (SSSR count). The van der Waals surface area contributed by atoms with Gasteiger partial charge in [-0.2, -0.15) is 0 Å². The molecule has 0 bridgehead atoms. The van der Waals surface area contributed by atoms with Gasteiger partial charge in [-0.3, -0.25) is 9.36 Å². The fourth-order valence-electron chi connectivity index (χ4n) is 3.55. The van der Waals surface area contributed by atoms with Gasteiger partial charge in [-0.05, 0) is 6.42 Å². The van der Waals surface area contributed by atoms with Crippen molar-refractivity contribution in [2.45, 2.75) is 116 Å². The average molecular weight is 478 g/mol. The molecule has 1 unspecified atom stereocenters. The van der Waals surface area contributed by atoms with Gasteiger partial charge in [0, 0.05) is 12.8 Å². The third-order valence-corrected chi connectivity index (χ3v) is 6.70. The predicted molar refractivity (Wildman–Crippen MR) is 132 cm³/mol. The van der Waals surface area contributed by atoms with Crippen LogP contribution in [0.1, 0.15) is 116 Å². The molecule has 0 aromatic heterocycles. The van der Waals surface area contributed by atoms with Gasteiger partial charge in [0.25, 0.3) is 7.82 Å². The Labute approximate surface area is 198 Å². The van der Waals surface area contributed by atoms with Crippen molar-refractivity contribution >= 4 is 13.6 Å². The van der Waals surface area contributed by atoms with Gasteiger partial charge in [-0.25, -0.2) is 0 Å². The van der Waals surface area contributed by atoms with E-state index in [4.69, 9.17) is 9.05 Å². The number of hydrogen-bond donors (Lipinski definition) is 0. The highest BCUT2D eigenvalue weighted by Gasteiger charge is 2.14. The van der Waals surface area contributed by atoms with E-state index in [1.165, 1.54) is 83.5 Å². The van der Waals surface area contributed by atoms with Gasteiger partial charge in [0.15, 0.2) is 0 Å². The van der Waals surface area contributed by atoms with E-state index in [-0.39, 0.29) is 25.4 Å². The quantitative estimate of drug-likeness (QED) is 0.0911. The van der Waals surface area contributed by atoms with Crippen LogP contribution in [0.4, 0.5) is 0 Å². The summed E-state index contributed by atoms with van der Waals surface area (Å²) in [7, 11) is 1.56. The summed E-state index contributed by atoms with van der Waals surface area (Å²) in [5, 5.41) is 0. The van der Waals surface area contributed by atoms with Crippen LogP contribution < -0.4 is 4.89 Å². The van der Waals surface area contributed by atoms with E-state index in [1.54, 1.807) is 0 Å². The zero-order valence-corrected chi connectivity index (χ0v) is 22.5. The van der Waals surface area contributed by atoms with E-state index < -0.39 is 7.82 Å². The van der Waals surface area contributed by atoms with Crippen LogP contribution in [0, 0.1) is 0 Å². The lowest BCUT2D eigenvalue weighted by molar-refractivity contribution is -0.870. The van der Waals surface area contributed by atoms with Crippen molar-refractivity contribution < 1.29 is 27.8 Å². The average Bonchev–Trinajstić information content (AvgIpc) is 2.69. The van der Waals surface area contributed by atoms with Gasteiger partial charge in [0.2, 0.25) is 0 Å². The van der Waals surface area contributed by atoms with Crippen LogP contribution in [0.25, 0.3) is 0 Å². The van der Waals surface area contributed by atoms with Crippen LogP contribution in [0.5, 0.6) is 0 Å². The molecular weight excluding hydrogens is 425 g/mol. The van der Waals surface area contributed by atoms with Crippen LogP contribution >= 0.6 is 7.82 Å². The van der Waals surface area contributed by atoms with Crippen molar-refractivity contribution in [3.63, 3.8) is 0 Å². The third-order valence-electron chi connectivity index (χ3n) is 5.70. The first-order valence-corrected chi connectivity index (χ1v) is 14.5. The number of unbranched alkanes of at least 4 members (excludes halogenated alkanes) is 14. The monoisotopic (exact) mass is 477 g/mol. The molecule has 0 aliphatic carbocycles. The number of phosphoric ester groups is 1. The highest BCUT2D eigenvalue weighted by Crippen LogP contribution is 2.38. The second kappa shape index (κ2) is 20.1. The van der Waals surface area contributed by atoms with Gasteiger partial charge < -0.3 is 18.4 Å². The Balaban J connectivity index is 3.42. The Kier molecular flexibility index (Phi) is 20.0. The number of rotatable bonds is 24. The van der Waals surface area contributed by atoms with Crippen molar-refractivity contribution in [3.05, 3.63) is 0 Å². The minimum atomic E-state index is -4.31. The molecular formula is C25H52NO5P. The maximum Gasteiger partial charge on any atom is 0.268 e. The van der Waals surface area contributed by atoms with Crippen LogP contribution in [-0.2, 0) is 18.4 Å². The van der Waals surface area contributed by atoms with Crippen LogP contribution in [0.3, 0.4) is 0 Å². The summed E-state index contributed by atoms with van der Waals surface area (Å²) < 4.78 is 21.9. The van der Waals surface area contributed by atoms with Gasteiger partial charge in [-0.1, -0.05) is 96.8 Å². The fraction of sp³-hybridized carbons (Fsp3) is 0.960. The Morgan fingerprint density at radius 1 is 0.688 bits per heavy atom. The SMILES string of the molecule is CCCCCCCCCCCCCCCCCC(=O)CCOP(=O)([O-])OCC[N+](C)(C)C. The minimum absolute atomic E-state index is 0.0612. The summed E-state index contributed by atoms with van der Waals surface area (Å²) in [4.78, 5) is 23.6. The molecule has 0 amide bonds. The molecule has 0 saturated carbocycles. The zero-order chi connectivity index (χ0) is 24.1. The smallest absolute Gasteiger partial charge is 0.268 e. The first-order valence-electron chi connectivity index (χ1n) is 13.1. The molecule has 0 spiro atoms. The van der Waals surface area contributed by atoms with E-state index in [0.29, 0.717) is 17.4 Å². The van der Waals surface area contributed by atoms with E-state index in [9.17, 15) is 14.3 Å². The third kappa shape index (κ3) is 24.4. The Morgan fingerprint density at radius 2 is 1.09 bits per heavy atom. The minimum Gasteiger partial charge on any atom is -0.756 e. The Bertz CT molecular complexity index is 493. The van der Waals surface area contributed by atoms with Crippen LogP contribution in [-0.4, -0.2) is 51.2 Å². The number of ketones is 1. The highest BCUT2D eigenvalue weighted by molar-refractivity contribution is 7.45. The summed E-state index contributed by atoms with van der Waals surface area (Å²) >= 11 is 0. The number of hydrogen-bond acceptors (Lipinski definition) is 5. The first kappa shape index (κ1) is 31.7. The predicted octanol–water partition coefficient (Wildman–Crippen LogP) is 6.41. The topological polar surface area (TPSA) is 75.7 Å². The van der Waals surface area contributed by atoms with Gasteiger partial charge in [-0.15, -0.1) is 0 Å². The summed E-state index contributed by atoms with van der Waals surface area (Å²) in [6, 6.07) is 0. The maximum atomic E-state index is 11.9. The number of nitrogens with zero attached hydrogens (tertiary/aromatic N) is 1. The highest BCUT2D eigenvalue weighted by atomic mass is 31.2. The normalized spacial score (nSPS) is 13.9. The van der Waals surface area contributed by atoms with Gasteiger partial charge in [0.1, 0.15) is 18.9 Å². The van der Waals surface area contributed by atoms with Gasteiger partial charge >= 0.3 is 0 Å². The molecule has 0 saturated heterocycles. The molecule has 6 nitrogen and oxygen atoms in total. The van der Waals surface area contributed by atoms with Crippen molar-refractivity contribution in [2.75, 3.05) is 40.9 Å². The molecule has 0 heterocycles. The van der Waals surface area contributed by atoms with E-state index in [0.717, 1.165) is 12.8 Å². The lowest BCUT2D eigenvalue weighted by Crippen LogP contribution is -2.37. The molecule has 0 aliphatic heterocycles. The zero-order valence-electron chi connectivity index (χ0n) is 21.6. The summed E-state index contributed by atoms with van der Waals surface area (Å²) in [6.07, 6.45) is 20.1. The van der Waals surface area contributed by atoms with Crippen molar-refractivity contribution in [2.24, 2.45) is 0 Å². The lowest BCUT2D eigenvalue weighted by Gasteiger charge is -2.27. The molecule has 32 heavy (non-hydrogen) atoms. The number of carbonyl (C=O) groups is 1. The van der Waals surface area contributed by atoms with E-state index in [1.807, 2.05) is 21.1 Å². The second-order valence-electron chi connectivity index (χ2n) is 10.1. The standard InChI is InChI=1S/C25H52NO5P/c1-5-6-7-8-9-10-11-12-13-14-15-16-17-18-19-20-25(27)21-23-30-32(28,29)31-24-22-26(2,3)4/h5-24H2,1-4H3. The summed E-state index contributed by atoms with van der Waals surface area (Å²) in [5.41, 5.74) is 0. The van der Waals surface area contributed by atoms with Gasteiger partial charge in [0.05, 0.1) is 27.7 Å². The van der Waals surface area contributed by atoms with E-state index >= 15 is 0 Å². The molecule has 0 fully saturated rings. The lowest BCUT2D eigenvalue weighted by atomic mass is 10.0. The number of phosphoric acid groups is 1. The number of Topliss-reactive ketones (excluding diaryl/α,β-unsaturated/α-hetero) is 1. The van der Waals surface area contributed by atoms with Crippen molar-refractivity contribution in [1.82, 2.24) is 0 Å². The summed E-state index contributed by atoms with van der Waals surface area (Å²) in [5.74, 6) is 0.0612. The maximum absolute atomic E-state index is 11.9. The van der Waals surface area contributed by atoms with Crippen molar-refractivity contribution in [3.8, 4) is 0 Å². The number of quaternary nitrogens is 1. The fourth-order valence-corrected chi connectivity index (χ4v) is 4.25. The molecule has 0 aromatic rings. The number of carbonyl (C=O) groups excluding carboxylic acids is 1. The molecule has 0 aliphatic rings. The van der Waals surface area contributed by atoms with Crippen LogP contribution in [0.2, 0.25) is 0 Å².